The predicted octanol–water partition coefficient (Wildman–Crippen LogP) is 4.73. The van der Waals surface area contributed by atoms with Crippen LogP contribution in [0, 0.1) is 11.2 Å². The predicted molar refractivity (Wildman–Crippen MR) is 76.8 cm³/mol. The van der Waals surface area contributed by atoms with Crippen molar-refractivity contribution in [3.05, 3.63) is 34.1 Å². The number of hydrogen-bond acceptors (Lipinski definition) is 1. The Hall–Kier alpha value is -0.410. The second-order valence-corrected chi connectivity index (χ2v) is 7.13. The van der Waals surface area contributed by atoms with Gasteiger partial charge < -0.3 is 5.73 Å². The van der Waals surface area contributed by atoms with Crippen LogP contribution in [-0.4, -0.2) is 0 Å². The summed E-state index contributed by atoms with van der Waals surface area (Å²) in [6.07, 6.45) is 5.00. The van der Waals surface area contributed by atoms with E-state index < -0.39 is 5.54 Å². The molecule has 3 heteroatoms. The van der Waals surface area contributed by atoms with Crippen molar-refractivity contribution in [1.29, 1.82) is 0 Å². The molecule has 1 fully saturated rings. The highest BCUT2D eigenvalue weighted by Gasteiger charge is 2.35. The maximum Gasteiger partial charge on any atom is 0.142 e. The van der Waals surface area contributed by atoms with E-state index in [-0.39, 0.29) is 5.82 Å². The number of benzene rings is 1. The fourth-order valence-corrected chi connectivity index (χ4v) is 3.22. The van der Waals surface area contributed by atoms with Crippen LogP contribution in [0.2, 0.25) is 0 Å². The van der Waals surface area contributed by atoms with Crippen LogP contribution in [0.3, 0.4) is 0 Å². The molecule has 0 heterocycles. The normalized spacial score (nSPS) is 27.8. The molecule has 2 rings (SSSR count). The lowest BCUT2D eigenvalue weighted by Crippen LogP contribution is -2.37. The Kier molecular flexibility index (Phi) is 3.84. The molecule has 1 nitrogen and oxygen atoms in total. The van der Waals surface area contributed by atoms with E-state index in [4.69, 9.17) is 5.73 Å². The first-order chi connectivity index (χ1) is 8.34. The van der Waals surface area contributed by atoms with Crippen molar-refractivity contribution in [1.82, 2.24) is 0 Å². The minimum Gasteiger partial charge on any atom is -0.321 e. The lowest BCUT2D eigenvalue weighted by molar-refractivity contribution is 0.296. The van der Waals surface area contributed by atoms with Gasteiger partial charge in [0.15, 0.2) is 0 Å². The molecule has 1 unspecified atom stereocenters. The van der Waals surface area contributed by atoms with Gasteiger partial charge >= 0.3 is 0 Å². The number of nitrogens with two attached hydrogens (primary N) is 1. The summed E-state index contributed by atoms with van der Waals surface area (Å²) < 4.78 is 14.7. The Morgan fingerprint density at radius 1 is 1.17 bits per heavy atom. The van der Waals surface area contributed by atoms with Gasteiger partial charge in [-0.15, -0.1) is 0 Å². The van der Waals surface area contributed by atoms with E-state index in [0.717, 1.165) is 25.7 Å². The number of halogens is 2. The maximum absolute atomic E-state index is 14.2. The Bertz CT molecular complexity index is 444. The molecule has 18 heavy (non-hydrogen) atoms. The Morgan fingerprint density at radius 2 is 1.89 bits per heavy atom. The molecule has 0 radical (unpaired) electrons. The van der Waals surface area contributed by atoms with E-state index >= 15 is 0 Å². The van der Waals surface area contributed by atoms with Crippen LogP contribution in [0.15, 0.2) is 22.7 Å². The van der Waals surface area contributed by atoms with Crippen molar-refractivity contribution in [2.75, 3.05) is 0 Å². The van der Waals surface area contributed by atoms with Gasteiger partial charge in [0, 0.05) is 11.1 Å². The topological polar surface area (TPSA) is 26.0 Å². The zero-order valence-corrected chi connectivity index (χ0v) is 12.7. The maximum atomic E-state index is 14.2. The van der Waals surface area contributed by atoms with E-state index in [9.17, 15) is 4.39 Å². The number of rotatable bonds is 1. The molecule has 0 amide bonds. The van der Waals surface area contributed by atoms with Gasteiger partial charge in [-0.3, -0.25) is 0 Å². The molecule has 1 aliphatic carbocycles. The van der Waals surface area contributed by atoms with Crippen molar-refractivity contribution in [3.8, 4) is 0 Å². The molecule has 0 saturated heterocycles. The van der Waals surface area contributed by atoms with Crippen LogP contribution in [0.25, 0.3) is 0 Å². The van der Waals surface area contributed by atoms with Crippen molar-refractivity contribution in [2.45, 2.75) is 51.5 Å². The molecule has 0 spiro atoms. The Labute approximate surface area is 117 Å². The highest BCUT2D eigenvalue weighted by Crippen LogP contribution is 2.42. The van der Waals surface area contributed by atoms with Crippen LogP contribution in [0.1, 0.15) is 51.5 Å². The average molecular weight is 314 g/mol. The Morgan fingerprint density at radius 3 is 2.61 bits per heavy atom. The third-order valence-corrected chi connectivity index (χ3v) is 4.82. The molecule has 0 aliphatic heterocycles. The lowest BCUT2D eigenvalue weighted by Gasteiger charge is -2.30. The van der Waals surface area contributed by atoms with E-state index in [2.05, 4.69) is 29.8 Å². The zero-order chi connectivity index (χ0) is 13.4. The molecule has 0 bridgehead atoms. The van der Waals surface area contributed by atoms with Crippen LogP contribution in [-0.2, 0) is 5.54 Å². The summed E-state index contributed by atoms with van der Waals surface area (Å²) >= 11 is 3.25. The highest BCUT2D eigenvalue weighted by atomic mass is 79.9. The summed E-state index contributed by atoms with van der Waals surface area (Å²) in [5.41, 5.74) is 6.98. The van der Waals surface area contributed by atoms with Gasteiger partial charge in [-0.2, -0.15) is 0 Å². The minimum absolute atomic E-state index is 0.195. The summed E-state index contributed by atoms with van der Waals surface area (Å²) in [5, 5.41) is 0. The lowest BCUT2D eigenvalue weighted by atomic mass is 9.81. The molecule has 0 aromatic heterocycles. The monoisotopic (exact) mass is 313 g/mol. The van der Waals surface area contributed by atoms with E-state index in [0.29, 0.717) is 15.5 Å². The van der Waals surface area contributed by atoms with Gasteiger partial charge in [0.2, 0.25) is 0 Å². The molecule has 1 aliphatic rings. The van der Waals surface area contributed by atoms with Crippen LogP contribution < -0.4 is 5.73 Å². The van der Waals surface area contributed by atoms with Crippen LogP contribution in [0.5, 0.6) is 0 Å². The molecular formula is C15H21BrFN. The van der Waals surface area contributed by atoms with E-state index in [1.165, 1.54) is 6.42 Å². The van der Waals surface area contributed by atoms with Gasteiger partial charge in [-0.1, -0.05) is 32.4 Å². The van der Waals surface area contributed by atoms with E-state index in [1.807, 2.05) is 12.1 Å². The van der Waals surface area contributed by atoms with Crippen molar-refractivity contribution in [2.24, 2.45) is 11.1 Å². The van der Waals surface area contributed by atoms with Crippen LogP contribution in [0.4, 0.5) is 4.39 Å². The zero-order valence-electron chi connectivity index (χ0n) is 11.1. The van der Waals surface area contributed by atoms with Crippen molar-refractivity contribution < 1.29 is 4.39 Å². The number of hydrogen-bond donors (Lipinski definition) is 1. The van der Waals surface area contributed by atoms with Gasteiger partial charge in [0.05, 0.1) is 4.47 Å². The summed E-state index contributed by atoms with van der Waals surface area (Å²) in [6.45, 7) is 4.55. The average Bonchev–Trinajstić information content (AvgIpc) is 2.43. The van der Waals surface area contributed by atoms with Crippen molar-refractivity contribution >= 4 is 15.9 Å². The fraction of sp³-hybridized carbons (Fsp3) is 0.600. The fourth-order valence-electron chi connectivity index (χ4n) is 2.85. The largest absolute Gasteiger partial charge is 0.321 e. The van der Waals surface area contributed by atoms with Gasteiger partial charge in [-0.05, 0) is 53.1 Å². The quantitative estimate of drug-likeness (QED) is 0.745. The van der Waals surface area contributed by atoms with Gasteiger partial charge in [0.1, 0.15) is 5.82 Å². The van der Waals surface area contributed by atoms with Gasteiger partial charge in [0.25, 0.3) is 0 Å². The van der Waals surface area contributed by atoms with E-state index in [1.54, 1.807) is 6.07 Å². The molecule has 100 valence electrons. The molecule has 1 aromatic carbocycles. The Balaban J connectivity index is 2.33. The third kappa shape index (κ3) is 2.77. The molecule has 1 atom stereocenters. The molecular weight excluding hydrogens is 293 g/mol. The summed E-state index contributed by atoms with van der Waals surface area (Å²) in [6, 6.07) is 5.42. The first kappa shape index (κ1) is 14.0. The van der Waals surface area contributed by atoms with Gasteiger partial charge in [-0.25, -0.2) is 4.39 Å². The highest BCUT2D eigenvalue weighted by molar-refractivity contribution is 9.10. The summed E-state index contributed by atoms with van der Waals surface area (Å²) in [5.74, 6) is -0.195. The molecule has 1 aromatic rings. The second-order valence-electron chi connectivity index (χ2n) is 6.28. The second kappa shape index (κ2) is 4.93. The van der Waals surface area contributed by atoms with Crippen LogP contribution >= 0.6 is 15.9 Å². The third-order valence-electron chi connectivity index (χ3n) is 4.21. The van der Waals surface area contributed by atoms with Crippen molar-refractivity contribution in [3.63, 3.8) is 0 Å². The summed E-state index contributed by atoms with van der Waals surface area (Å²) in [4.78, 5) is 0. The first-order valence-corrected chi connectivity index (χ1v) is 7.37. The first-order valence-electron chi connectivity index (χ1n) is 6.57. The SMILES string of the molecule is CC1(C)CCCC(N)(c2cccc(Br)c2F)CC1. The smallest absolute Gasteiger partial charge is 0.142 e. The summed E-state index contributed by atoms with van der Waals surface area (Å²) in [7, 11) is 0. The minimum atomic E-state index is -0.512. The molecule has 1 saturated carbocycles. The standard InChI is InChI=1S/C15H21BrFN/c1-14(2)7-4-8-15(18,10-9-14)11-5-3-6-12(16)13(11)17/h3,5-6H,4,7-10,18H2,1-2H3. The molecule has 2 N–H and O–H groups in total.